The van der Waals surface area contributed by atoms with Crippen LogP contribution < -0.4 is 0 Å². The summed E-state index contributed by atoms with van der Waals surface area (Å²) < 4.78 is 12.6. The Balaban J connectivity index is 2.46. The third-order valence-corrected chi connectivity index (χ3v) is 3.40. The molecule has 12 heavy (non-hydrogen) atoms. The van der Waals surface area contributed by atoms with Gasteiger partial charge in [-0.3, -0.25) is 4.79 Å². The van der Waals surface area contributed by atoms with Crippen LogP contribution >= 0.6 is 11.8 Å². The van der Waals surface area contributed by atoms with E-state index in [1.807, 2.05) is 0 Å². The van der Waals surface area contributed by atoms with Gasteiger partial charge >= 0.3 is 5.97 Å². The molecule has 0 amide bonds. The maximum absolute atomic E-state index is 12.6. The van der Waals surface area contributed by atoms with E-state index in [9.17, 15) is 9.18 Å². The van der Waals surface area contributed by atoms with Crippen molar-refractivity contribution in [3.05, 3.63) is 0 Å². The van der Waals surface area contributed by atoms with Gasteiger partial charge in [0.15, 0.2) is 0 Å². The second-order valence-corrected chi connectivity index (χ2v) is 4.33. The molecule has 70 valence electrons. The Bertz CT molecular complexity index is 172. The molecule has 3 atom stereocenters. The molecule has 2 nitrogen and oxygen atoms in total. The quantitative estimate of drug-likeness (QED) is 0.740. The van der Waals surface area contributed by atoms with E-state index in [1.54, 1.807) is 11.8 Å². The molecule has 0 bridgehead atoms. The molecule has 1 saturated heterocycles. The Morgan fingerprint density at radius 1 is 1.75 bits per heavy atom. The summed E-state index contributed by atoms with van der Waals surface area (Å²) in [4.78, 5) is 10.7. The SMILES string of the molecule is CC(F)CC1CSCC1C(=O)O. The minimum absolute atomic E-state index is 0.0347. The van der Waals surface area contributed by atoms with Gasteiger partial charge in [0.1, 0.15) is 0 Å². The topological polar surface area (TPSA) is 37.3 Å². The van der Waals surface area contributed by atoms with Crippen LogP contribution in [-0.2, 0) is 4.79 Å². The summed E-state index contributed by atoms with van der Waals surface area (Å²) in [7, 11) is 0. The highest BCUT2D eigenvalue weighted by Gasteiger charge is 2.34. The van der Waals surface area contributed by atoms with Crippen LogP contribution in [0.25, 0.3) is 0 Å². The monoisotopic (exact) mass is 192 g/mol. The molecular formula is C8H13FO2S. The smallest absolute Gasteiger partial charge is 0.307 e. The van der Waals surface area contributed by atoms with E-state index in [2.05, 4.69) is 0 Å². The molecule has 1 aliphatic heterocycles. The van der Waals surface area contributed by atoms with Gasteiger partial charge < -0.3 is 5.11 Å². The zero-order chi connectivity index (χ0) is 9.14. The molecule has 0 aliphatic carbocycles. The predicted octanol–water partition coefficient (Wildman–Crippen LogP) is 1.80. The van der Waals surface area contributed by atoms with Crippen molar-refractivity contribution in [1.82, 2.24) is 0 Å². The third-order valence-electron chi connectivity index (χ3n) is 2.14. The lowest BCUT2D eigenvalue weighted by Gasteiger charge is -2.14. The Morgan fingerprint density at radius 3 is 2.92 bits per heavy atom. The van der Waals surface area contributed by atoms with Crippen molar-refractivity contribution in [2.45, 2.75) is 19.5 Å². The summed E-state index contributed by atoms with van der Waals surface area (Å²) >= 11 is 1.61. The number of aliphatic carboxylic acids is 1. The molecule has 1 heterocycles. The van der Waals surface area contributed by atoms with E-state index >= 15 is 0 Å². The number of rotatable bonds is 3. The summed E-state index contributed by atoms with van der Waals surface area (Å²) in [5.74, 6) is 0.379. The van der Waals surface area contributed by atoms with Crippen molar-refractivity contribution in [3.8, 4) is 0 Å². The first-order chi connectivity index (χ1) is 5.61. The van der Waals surface area contributed by atoms with Crippen molar-refractivity contribution >= 4 is 17.7 Å². The average molecular weight is 192 g/mol. The van der Waals surface area contributed by atoms with Crippen molar-refractivity contribution in [2.75, 3.05) is 11.5 Å². The molecule has 1 fully saturated rings. The van der Waals surface area contributed by atoms with E-state index in [0.717, 1.165) is 5.75 Å². The molecule has 1 rings (SSSR count). The first-order valence-electron chi connectivity index (χ1n) is 4.06. The molecule has 0 spiro atoms. The Hall–Kier alpha value is -0.250. The zero-order valence-corrected chi connectivity index (χ0v) is 7.81. The van der Waals surface area contributed by atoms with Crippen LogP contribution in [0.3, 0.4) is 0 Å². The molecule has 4 heteroatoms. The van der Waals surface area contributed by atoms with Gasteiger partial charge in [0.25, 0.3) is 0 Å². The van der Waals surface area contributed by atoms with E-state index in [0.29, 0.717) is 12.2 Å². The summed E-state index contributed by atoms with van der Waals surface area (Å²) in [5, 5.41) is 8.76. The fourth-order valence-electron chi connectivity index (χ4n) is 1.52. The van der Waals surface area contributed by atoms with E-state index in [1.165, 1.54) is 6.92 Å². The number of halogens is 1. The zero-order valence-electron chi connectivity index (χ0n) is 7.00. The molecule has 1 N–H and O–H groups in total. The van der Waals surface area contributed by atoms with Crippen LogP contribution in [0, 0.1) is 11.8 Å². The summed E-state index contributed by atoms with van der Waals surface area (Å²) in [6, 6.07) is 0. The largest absolute Gasteiger partial charge is 0.481 e. The molecule has 0 aromatic carbocycles. The molecule has 3 unspecified atom stereocenters. The summed E-state index contributed by atoms with van der Waals surface area (Å²) in [5.41, 5.74) is 0. The van der Waals surface area contributed by atoms with E-state index < -0.39 is 12.1 Å². The van der Waals surface area contributed by atoms with Crippen molar-refractivity contribution in [2.24, 2.45) is 11.8 Å². The summed E-state index contributed by atoms with van der Waals surface area (Å²) in [6.45, 7) is 1.49. The second kappa shape index (κ2) is 4.12. The summed E-state index contributed by atoms with van der Waals surface area (Å²) in [6.07, 6.45) is -0.486. The number of alkyl halides is 1. The number of thioether (sulfide) groups is 1. The number of hydrogen-bond acceptors (Lipinski definition) is 2. The highest BCUT2D eigenvalue weighted by atomic mass is 32.2. The fraction of sp³-hybridized carbons (Fsp3) is 0.875. The molecule has 0 saturated carbocycles. The van der Waals surface area contributed by atoms with Gasteiger partial charge in [0.05, 0.1) is 12.1 Å². The lowest BCUT2D eigenvalue weighted by molar-refractivity contribution is -0.142. The van der Waals surface area contributed by atoms with Gasteiger partial charge in [0.2, 0.25) is 0 Å². The molecular weight excluding hydrogens is 179 g/mol. The van der Waals surface area contributed by atoms with Gasteiger partial charge in [-0.15, -0.1) is 0 Å². The standard InChI is InChI=1S/C8H13FO2S/c1-5(9)2-6-3-12-4-7(6)8(10)11/h5-7H,2-4H2,1H3,(H,10,11). The van der Waals surface area contributed by atoms with Gasteiger partial charge in [0, 0.05) is 5.75 Å². The van der Waals surface area contributed by atoms with Crippen LogP contribution in [0.5, 0.6) is 0 Å². The maximum atomic E-state index is 12.6. The number of carboxylic acids is 1. The van der Waals surface area contributed by atoms with Crippen molar-refractivity contribution in [1.29, 1.82) is 0 Å². The predicted molar refractivity (Wildman–Crippen MR) is 47.1 cm³/mol. The number of carbonyl (C=O) groups is 1. The number of hydrogen-bond donors (Lipinski definition) is 1. The Labute approximate surface area is 75.5 Å². The molecule has 0 aromatic heterocycles. The maximum Gasteiger partial charge on any atom is 0.307 e. The van der Waals surface area contributed by atoms with Gasteiger partial charge in [-0.1, -0.05) is 0 Å². The van der Waals surface area contributed by atoms with Gasteiger partial charge in [-0.2, -0.15) is 11.8 Å². The molecule has 1 aliphatic rings. The van der Waals surface area contributed by atoms with E-state index in [-0.39, 0.29) is 11.8 Å². The van der Waals surface area contributed by atoms with Crippen LogP contribution in [-0.4, -0.2) is 28.8 Å². The van der Waals surface area contributed by atoms with Gasteiger partial charge in [-0.25, -0.2) is 4.39 Å². The minimum Gasteiger partial charge on any atom is -0.481 e. The molecule has 0 aromatic rings. The van der Waals surface area contributed by atoms with Crippen LogP contribution in [0.1, 0.15) is 13.3 Å². The Kier molecular flexibility index (Phi) is 3.38. The Morgan fingerprint density at radius 2 is 2.42 bits per heavy atom. The van der Waals surface area contributed by atoms with Gasteiger partial charge in [-0.05, 0) is 25.0 Å². The number of carboxylic acid groups (broad SMARTS) is 1. The lowest BCUT2D eigenvalue weighted by Crippen LogP contribution is -2.23. The highest BCUT2D eigenvalue weighted by Crippen LogP contribution is 2.33. The van der Waals surface area contributed by atoms with Crippen LogP contribution in [0.15, 0.2) is 0 Å². The highest BCUT2D eigenvalue weighted by molar-refractivity contribution is 7.99. The molecule has 0 radical (unpaired) electrons. The van der Waals surface area contributed by atoms with Crippen LogP contribution in [0.4, 0.5) is 4.39 Å². The van der Waals surface area contributed by atoms with E-state index in [4.69, 9.17) is 5.11 Å². The minimum atomic E-state index is -0.879. The van der Waals surface area contributed by atoms with Crippen molar-refractivity contribution in [3.63, 3.8) is 0 Å². The van der Waals surface area contributed by atoms with Crippen LogP contribution in [0.2, 0.25) is 0 Å². The fourth-order valence-corrected chi connectivity index (χ4v) is 3.00. The first-order valence-corrected chi connectivity index (χ1v) is 5.21. The lowest BCUT2D eigenvalue weighted by atomic mass is 9.91. The third kappa shape index (κ3) is 2.37. The average Bonchev–Trinajstić information content (AvgIpc) is 2.33. The second-order valence-electron chi connectivity index (χ2n) is 3.26. The normalized spacial score (nSPS) is 31.8. The van der Waals surface area contributed by atoms with Crippen molar-refractivity contribution < 1.29 is 14.3 Å². The first kappa shape index (κ1) is 9.84.